The first-order valence-electron chi connectivity index (χ1n) is 7.68. The number of primary amides is 1. The summed E-state index contributed by atoms with van der Waals surface area (Å²) in [7, 11) is 0. The molecule has 2 fully saturated rings. The van der Waals surface area contributed by atoms with Gasteiger partial charge in [0.25, 0.3) is 0 Å². The Morgan fingerprint density at radius 2 is 1.79 bits per heavy atom. The van der Waals surface area contributed by atoms with Crippen molar-refractivity contribution in [1.82, 2.24) is 4.90 Å². The fraction of sp³-hybridized carbons (Fsp3) is 0.933. The predicted octanol–water partition coefficient (Wildman–Crippen LogP) is 1.62. The third-order valence-electron chi connectivity index (χ3n) is 5.43. The Morgan fingerprint density at radius 1 is 1.26 bits per heavy atom. The third-order valence-corrected chi connectivity index (χ3v) is 5.43. The van der Waals surface area contributed by atoms with E-state index in [1.165, 1.54) is 38.5 Å². The van der Waals surface area contributed by atoms with Gasteiger partial charge in [-0.3, -0.25) is 4.79 Å². The molecule has 1 amide bonds. The van der Waals surface area contributed by atoms with Crippen LogP contribution in [0, 0.1) is 5.41 Å². The molecular formula is C15H29N3O. The van der Waals surface area contributed by atoms with Crippen molar-refractivity contribution in [3.05, 3.63) is 0 Å². The normalized spacial score (nSPS) is 28.2. The van der Waals surface area contributed by atoms with Crippen LogP contribution >= 0.6 is 0 Å². The molecule has 1 aliphatic heterocycles. The van der Waals surface area contributed by atoms with Gasteiger partial charge in [-0.15, -0.1) is 0 Å². The van der Waals surface area contributed by atoms with Crippen LogP contribution in [-0.2, 0) is 4.79 Å². The maximum Gasteiger partial charge on any atom is 0.237 e. The van der Waals surface area contributed by atoms with Gasteiger partial charge in [-0.1, -0.05) is 12.8 Å². The van der Waals surface area contributed by atoms with Gasteiger partial charge in [0.15, 0.2) is 0 Å². The Morgan fingerprint density at radius 3 is 2.26 bits per heavy atom. The molecule has 4 N–H and O–H groups in total. The highest BCUT2D eigenvalue weighted by molar-refractivity contribution is 5.83. The SMILES string of the molecule is CC(CC(C)(N)C(N)=O)N1CCC2(CCCC2)CC1. The Balaban J connectivity index is 1.85. The molecule has 0 aromatic carbocycles. The number of hydrogen-bond donors (Lipinski definition) is 2. The predicted molar refractivity (Wildman–Crippen MR) is 77.6 cm³/mol. The number of carbonyl (C=O) groups is 1. The molecule has 110 valence electrons. The maximum atomic E-state index is 11.3. The average molecular weight is 267 g/mol. The summed E-state index contributed by atoms with van der Waals surface area (Å²) in [6, 6.07) is 0.334. The van der Waals surface area contributed by atoms with E-state index in [-0.39, 0.29) is 0 Å². The van der Waals surface area contributed by atoms with Crippen LogP contribution in [0.15, 0.2) is 0 Å². The minimum absolute atomic E-state index is 0.334. The van der Waals surface area contributed by atoms with Crippen molar-refractivity contribution in [2.24, 2.45) is 16.9 Å². The largest absolute Gasteiger partial charge is 0.368 e. The molecule has 2 aliphatic rings. The molecule has 1 spiro atoms. The van der Waals surface area contributed by atoms with Crippen molar-refractivity contribution >= 4 is 5.91 Å². The van der Waals surface area contributed by atoms with E-state index < -0.39 is 11.4 Å². The second-order valence-corrected chi connectivity index (χ2v) is 7.08. The van der Waals surface area contributed by atoms with Gasteiger partial charge < -0.3 is 16.4 Å². The summed E-state index contributed by atoms with van der Waals surface area (Å²) in [5.41, 5.74) is 11.1. The van der Waals surface area contributed by atoms with Crippen molar-refractivity contribution in [2.45, 2.75) is 70.4 Å². The molecule has 0 aromatic rings. The Kier molecular flexibility index (Phi) is 4.21. The number of amides is 1. The zero-order chi connectivity index (χ0) is 14.1. The Hall–Kier alpha value is -0.610. The van der Waals surface area contributed by atoms with Crippen molar-refractivity contribution in [2.75, 3.05) is 13.1 Å². The zero-order valence-corrected chi connectivity index (χ0v) is 12.5. The number of piperidine rings is 1. The molecule has 0 radical (unpaired) electrons. The molecule has 0 bridgehead atoms. The standard InChI is InChI=1S/C15H29N3O/c1-12(11-14(2,17)13(16)19)18-9-7-15(8-10-18)5-3-4-6-15/h12H,3-11,17H2,1-2H3,(H2,16,19). The monoisotopic (exact) mass is 267 g/mol. The van der Waals surface area contributed by atoms with E-state index in [0.29, 0.717) is 17.9 Å². The van der Waals surface area contributed by atoms with E-state index in [2.05, 4.69) is 11.8 Å². The van der Waals surface area contributed by atoms with Gasteiger partial charge >= 0.3 is 0 Å². The average Bonchev–Trinajstić information content (AvgIpc) is 2.77. The lowest BCUT2D eigenvalue weighted by Gasteiger charge is -2.43. The molecule has 2 rings (SSSR count). The highest BCUT2D eigenvalue weighted by Crippen LogP contribution is 2.46. The van der Waals surface area contributed by atoms with Crippen LogP contribution in [0.25, 0.3) is 0 Å². The van der Waals surface area contributed by atoms with Crippen molar-refractivity contribution in [3.8, 4) is 0 Å². The van der Waals surface area contributed by atoms with E-state index in [4.69, 9.17) is 11.5 Å². The molecule has 2 atom stereocenters. The first-order chi connectivity index (χ1) is 8.85. The van der Waals surface area contributed by atoms with Gasteiger partial charge in [0.1, 0.15) is 0 Å². The van der Waals surface area contributed by atoms with Crippen molar-refractivity contribution in [1.29, 1.82) is 0 Å². The second kappa shape index (κ2) is 5.41. The van der Waals surface area contributed by atoms with E-state index in [9.17, 15) is 4.79 Å². The molecular weight excluding hydrogens is 238 g/mol. The smallest absolute Gasteiger partial charge is 0.237 e. The van der Waals surface area contributed by atoms with E-state index in [0.717, 1.165) is 13.1 Å². The maximum absolute atomic E-state index is 11.3. The Bertz CT molecular complexity index is 324. The quantitative estimate of drug-likeness (QED) is 0.813. The molecule has 2 unspecified atom stereocenters. The van der Waals surface area contributed by atoms with Gasteiger partial charge in [-0.2, -0.15) is 0 Å². The minimum Gasteiger partial charge on any atom is -0.368 e. The topological polar surface area (TPSA) is 72.3 Å². The van der Waals surface area contributed by atoms with Gasteiger partial charge in [0, 0.05) is 6.04 Å². The van der Waals surface area contributed by atoms with Gasteiger partial charge in [0.2, 0.25) is 5.91 Å². The highest BCUT2D eigenvalue weighted by Gasteiger charge is 2.39. The number of hydrogen-bond acceptors (Lipinski definition) is 3. The lowest BCUT2D eigenvalue weighted by molar-refractivity contribution is -0.123. The van der Waals surface area contributed by atoms with Crippen LogP contribution in [0.3, 0.4) is 0 Å². The van der Waals surface area contributed by atoms with E-state index in [1.807, 2.05) is 0 Å². The third kappa shape index (κ3) is 3.29. The van der Waals surface area contributed by atoms with Crippen molar-refractivity contribution in [3.63, 3.8) is 0 Å². The minimum atomic E-state index is -0.887. The highest BCUT2D eigenvalue weighted by atomic mass is 16.1. The molecule has 19 heavy (non-hydrogen) atoms. The number of likely N-dealkylation sites (tertiary alicyclic amines) is 1. The molecule has 1 saturated heterocycles. The van der Waals surface area contributed by atoms with Crippen molar-refractivity contribution < 1.29 is 4.79 Å². The van der Waals surface area contributed by atoms with Crippen LogP contribution in [0.2, 0.25) is 0 Å². The summed E-state index contributed by atoms with van der Waals surface area (Å²) >= 11 is 0. The Labute approximate surface area is 116 Å². The van der Waals surface area contributed by atoms with Gasteiger partial charge in [-0.25, -0.2) is 0 Å². The summed E-state index contributed by atoms with van der Waals surface area (Å²) in [6.07, 6.45) is 8.95. The molecule has 1 aliphatic carbocycles. The van der Waals surface area contributed by atoms with Crippen LogP contribution in [-0.4, -0.2) is 35.5 Å². The van der Waals surface area contributed by atoms with Gasteiger partial charge in [-0.05, 0) is 64.5 Å². The summed E-state index contributed by atoms with van der Waals surface area (Å²) in [5, 5.41) is 0. The number of nitrogens with two attached hydrogens (primary N) is 2. The van der Waals surface area contributed by atoms with E-state index in [1.54, 1.807) is 6.92 Å². The summed E-state index contributed by atoms with van der Waals surface area (Å²) in [6.45, 7) is 6.21. The second-order valence-electron chi connectivity index (χ2n) is 7.08. The number of carbonyl (C=O) groups excluding carboxylic acids is 1. The number of rotatable bonds is 4. The van der Waals surface area contributed by atoms with Crippen LogP contribution in [0.1, 0.15) is 58.8 Å². The molecule has 1 heterocycles. The zero-order valence-electron chi connectivity index (χ0n) is 12.5. The lowest BCUT2D eigenvalue weighted by atomic mass is 9.76. The summed E-state index contributed by atoms with van der Waals surface area (Å²) < 4.78 is 0. The molecule has 1 saturated carbocycles. The summed E-state index contributed by atoms with van der Waals surface area (Å²) in [4.78, 5) is 13.8. The summed E-state index contributed by atoms with van der Waals surface area (Å²) in [5.74, 6) is -0.399. The van der Waals surface area contributed by atoms with Crippen LogP contribution in [0.4, 0.5) is 0 Å². The fourth-order valence-corrected chi connectivity index (χ4v) is 3.91. The fourth-order valence-electron chi connectivity index (χ4n) is 3.91. The molecule has 4 heteroatoms. The lowest BCUT2D eigenvalue weighted by Crippen LogP contribution is -2.54. The molecule has 4 nitrogen and oxygen atoms in total. The molecule has 0 aromatic heterocycles. The number of nitrogens with zero attached hydrogens (tertiary/aromatic N) is 1. The van der Waals surface area contributed by atoms with E-state index >= 15 is 0 Å². The van der Waals surface area contributed by atoms with Crippen LogP contribution < -0.4 is 11.5 Å². The van der Waals surface area contributed by atoms with Gasteiger partial charge in [0.05, 0.1) is 5.54 Å². The van der Waals surface area contributed by atoms with Crippen LogP contribution in [0.5, 0.6) is 0 Å². The first kappa shape index (κ1) is 14.8. The first-order valence-corrected chi connectivity index (χ1v) is 7.68.